The number of piperidine rings is 1. The first-order valence-electron chi connectivity index (χ1n) is 3.77. The van der Waals surface area contributed by atoms with Crippen LogP contribution in [0.1, 0.15) is 19.8 Å². The fourth-order valence-electron chi connectivity index (χ4n) is 1.21. The first kappa shape index (κ1) is 9.64. The molecule has 0 radical (unpaired) electrons. The molecule has 66 valence electrons. The zero-order valence-corrected chi connectivity index (χ0v) is 8.64. The number of hydrogen-bond donors (Lipinski definition) is 0. The third-order valence-corrected chi connectivity index (χ3v) is 2.82. The zero-order valence-electron chi connectivity index (χ0n) is 6.49. The smallest absolute Gasteiger partial charge is 0.250 e. The quantitative estimate of drug-likeness (QED) is 0.404. The van der Waals surface area contributed by atoms with Crippen LogP contribution in [0.2, 0.25) is 0 Å². The van der Waals surface area contributed by atoms with E-state index in [9.17, 15) is 8.78 Å². The van der Waals surface area contributed by atoms with Gasteiger partial charge in [0.1, 0.15) is 0 Å². The van der Waals surface area contributed by atoms with Gasteiger partial charge in [0.05, 0.1) is 4.05 Å². The Morgan fingerprint density at radius 2 is 1.82 bits per heavy atom. The molecule has 4 heteroatoms. The maximum Gasteiger partial charge on any atom is 0.250 e. The molecule has 1 aliphatic heterocycles. The number of likely N-dealkylation sites (tertiary alicyclic amines) is 1. The van der Waals surface area contributed by atoms with Crippen molar-refractivity contribution in [3.63, 3.8) is 0 Å². The second kappa shape index (κ2) is 3.51. The van der Waals surface area contributed by atoms with Gasteiger partial charge in [0.15, 0.2) is 0 Å². The summed E-state index contributed by atoms with van der Waals surface area (Å²) in [6.45, 7) is 3.11. The zero-order chi connectivity index (χ0) is 8.48. The Labute approximate surface area is 79.3 Å². The molecule has 11 heavy (non-hydrogen) atoms. The van der Waals surface area contributed by atoms with Gasteiger partial charge in [-0.2, -0.15) is 0 Å². The molecule has 0 aliphatic carbocycles. The summed E-state index contributed by atoms with van der Waals surface area (Å²) in [7, 11) is 0. The number of hydrogen-bond acceptors (Lipinski definition) is 1. The van der Waals surface area contributed by atoms with Gasteiger partial charge in [-0.25, -0.2) is 8.78 Å². The monoisotopic (exact) mass is 275 g/mol. The fourth-order valence-corrected chi connectivity index (χ4v) is 1.76. The number of nitrogens with zero attached hydrogens (tertiary/aromatic N) is 1. The summed E-state index contributed by atoms with van der Waals surface area (Å²) >= 11 is 2.25. The molecule has 1 fully saturated rings. The lowest BCUT2D eigenvalue weighted by Crippen LogP contribution is -2.41. The summed E-state index contributed by atoms with van der Waals surface area (Å²) in [5.41, 5.74) is 0. The summed E-state index contributed by atoms with van der Waals surface area (Å²) in [5, 5.41) is 0. The minimum absolute atomic E-state index is 0.0281. The highest BCUT2D eigenvalue weighted by molar-refractivity contribution is 14.1. The number of rotatable bonds is 1. The lowest BCUT2D eigenvalue weighted by atomic mass is 10.1. The molecule has 1 unspecified atom stereocenters. The maximum atomic E-state index is 12.6. The van der Waals surface area contributed by atoms with Crippen LogP contribution in [0.15, 0.2) is 0 Å². The van der Waals surface area contributed by atoms with Gasteiger partial charge in [-0.3, -0.25) is 4.90 Å². The van der Waals surface area contributed by atoms with Crippen LogP contribution < -0.4 is 0 Å². The SMILES string of the molecule is CC(I)N1CCC(F)(F)CC1. The lowest BCUT2D eigenvalue weighted by molar-refractivity contribution is -0.0552. The summed E-state index contributed by atoms with van der Waals surface area (Å²) < 4.78 is 25.6. The Bertz CT molecular complexity index is 128. The molecule has 0 saturated carbocycles. The van der Waals surface area contributed by atoms with Gasteiger partial charge in [0.2, 0.25) is 0 Å². The van der Waals surface area contributed by atoms with Crippen molar-refractivity contribution in [2.45, 2.75) is 29.7 Å². The van der Waals surface area contributed by atoms with Crippen LogP contribution in [0.25, 0.3) is 0 Å². The van der Waals surface area contributed by atoms with Gasteiger partial charge in [0.25, 0.3) is 5.92 Å². The van der Waals surface area contributed by atoms with Crippen LogP contribution in [0.5, 0.6) is 0 Å². The van der Waals surface area contributed by atoms with E-state index in [1.54, 1.807) is 0 Å². The Hall–Kier alpha value is 0.550. The molecule has 0 aromatic heterocycles. The molecule has 1 nitrogen and oxygen atoms in total. The van der Waals surface area contributed by atoms with Crippen molar-refractivity contribution < 1.29 is 8.78 Å². The van der Waals surface area contributed by atoms with E-state index in [0.29, 0.717) is 17.1 Å². The van der Waals surface area contributed by atoms with Crippen LogP contribution in [0, 0.1) is 0 Å². The Balaban J connectivity index is 2.36. The first-order valence-corrected chi connectivity index (χ1v) is 5.02. The van der Waals surface area contributed by atoms with Crippen LogP contribution >= 0.6 is 22.6 Å². The normalized spacial score (nSPS) is 28.4. The Kier molecular flexibility index (Phi) is 3.08. The molecule has 1 rings (SSSR count). The van der Waals surface area contributed by atoms with Crippen molar-refractivity contribution in [3.05, 3.63) is 0 Å². The molecule has 1 aliphatic rings. The topological polar surface area (TPSA) is 3.24 Å². The highest BCUT2D eigenvalue weighted by Gasteiger charge is 2.34. The maximum absolute atomic E-state index is 12.6. The van der Waals surface area contributed by atoms with Gasteiger partial charge >= 0.3 is 0 Å². The van der Waals surface area contributed by atoms with E-state index in [1.807, 2.05) is 6.92 Å². The molecule has 0 aromatic carbocycles. The third-order valence-electron chi connectivity index (χ3n) is 2.03. The predicted octanol–water partition coefficient (Wildman–Crippen LogP) is 2.50. The average Bonchev–Trinajstić information content (AvgIpc) is 1.86. The third kappa shape index (κ3) is 2.82. The Morgan fingerprint density at radius 1 is 1.36 bits per heavy atom. The molecule has 1 saturated heterocycles. The predicted molar refractivity (Wildman–Crippen MR) is 49.2 cm³/mol. The van der Waals surface area contributed by atoms with Crippen molar-refractivity contribution >= 4 is 22.6 Å². The van der Waals surface area contributed by atoms with Crippen LogP contribution in [0.4, 0.5) is 8.78 Å². The van der Waals surface area contributed by atoms with Crippen molar-refractivity contribution in [3.8, 4) is 0 Å². The summed E-state index contributed by atoms with van der Waals surface area (Å²) in [6.07, 6.45) is 0.0562. The first-order chi connectivity index (χ1) is 5.01. The van der Waals surface area contributed by atoms with E-state index >= 15 is 0 Å². The van der Waals surface area contributed by atoms with E-state index < -0.39 is 5.92 Å². The van der Waals surface area contributed by atoms with E-state index in [0.717, 1.165) is 0 Å². The molecule has 1 heterocycles. The molecule has 0 spiro atoms. The largest absolute Gasteiger partial charge is 0.291 e. The lowest BCUT2D eigenvalue weighted by Gasteiger charge is -2.33. The van der Waals surface area contributed by atoms with Crippen molar-refractivity contribution in [1.29, 1.82) is 0 Å². The molecule has 1 atom stereocenters. The van der Waals surface area contributed by atoms with E-state index in [1.165, 1.54) is 0 Å². The standard InChI is InChI=1S/C7H12F2IN/c1-6(10)11-4-2-7(8,9)3-5-11/h6H,2-5H2,1H3. The Morgan fingerprint density at radius 3 is 2.18 bits per heavy atom. The highest BCUT2D eigenvalue weighted by atomic mass is 127. The van der Waals surface area contributed by atoms with Crippen LogP contribution in [-0.4, -0.2) is 28.0 Å². The van der Waals surface area contributed by atoms with Crippen LogP contribution in [0.3, 0.4) is 0 Å². The number of halogens is 3. The average molecular weight is 275 g/mol. The van der Waals surface area contributed by atoms with Crippen LogP contribution in [-0.2, 0) is 0 Å². The fraction of sp³-hybridized carbons (Fsp3) is 1.00. The second-order valence-electron chi connectivity index (χ2n) is 2.97. The van der Waals surface area contributed by atoms with Gasteiger partial charge in [-0.1, -0.05) is 22.6 Å². The molecule has 0 bridgehead atoms. The van der Waals surface area contributed by atoms with Gasteiger partial charge in [-0.15, -0.1) is 0 Å². The minimum Gasteiger partial charge on any atom is -0.291 e. The van der Waals surface area contributed by atoms with Crippen molar-refractivity contribution in [2.24, 2.45) is 0 Å². The molecule has 0 amide bonds. The summed E-state index contributed by atoms with van der Waals surface area (Å²) in [4.78, 5) is 2.08. The van der Waals surface area contributed by atoms with E-state index in [4.69, 9.17) is 0 Å². The van der Waals surface area contributed by atoms with E-state index in [2.05, 4.69) is 27.5 Å². The van der Waals surface area contributed by atoms with E-state index in [-0.39, 0.29) is 12.8 Å². The molecular weight excluding hydrogens is 263 g/mol. The van der Waals surface area contributed by atoms with Gasteiger partial charge in [0, 0.05) is 25.9 Å². The molecular formula is C7H12F2IN. The summed E-state index contributed by atoms with van der Waals surface area (Å²) in [5.74, 6) is -2.40. The molecule has 0 N–H and O–H groups in total. The highest BCUT2D eigenvalue weighted by Crippen LogP contribution is 2.29. The van der Waals surface area contributed by atoms with Crippen molar-refractivity contribution in [1.82, 2.24) is 4.90 Å². The summed E-state index contributed by atoms with van der Waals surface area (Å²) in [6, 6.07) is 0. The second-order valence-corrected chi connectivity index (χ2v) is 4.77. The van der Waals surface area contributed by atoms with Gasteiger partial charge < -0.3 is 0 Å². The molecule has 0 aromatic rings. The number of alkyl halides is 3. The van der Waals surface area contributed by atoms with Gasteiger partial charge in [-0.05, 0) is 6.92 Å². The minimum atomic E-state index is -2.40. The van der Waals surface area contributed by atoms with Crippen molar-refractivity contribution in [2.75, 3.05) is 13.1 Å².